The molecule has 8 nitrogen and oxygen atoms in total. The minimum atomic E-state index is -0.433. The predicted octanol–water partition coefficient (Wildman–Crippen LogP) is 1.75. The van der Waals surface area contributed by atoms with Crippen molar-refractivity contribution in [3.63, 3.8) is 0 Å². The summed E-state index contributed by atoms with van der Waals surface area (Å²) >= 11 is 0. The molecule has 0 aliphatic rings. The maximum atomic E-state index is 11.3. The fourth-order valence-corrected chi connectivity index (χ4v) is 1.89. The molecule has 0 bridgehead atoms. The summed E-state index contributed by atoms with van der Waals surface area (Å²) in [4.78, 5) is 16.6. The fourth-order valence-electron chi connectivity index (χ4n) is 1.89. The number of aromatic nitrogens is 3. The van der Waals surface area contributed by atoms with E-state index in [1.54, 1.807) is 37.1 Å². The van der Waals surface area contributed by atoms with Crippen LogP contribution in [-0.4, -0.2) is 33.8 Å². The number of benzene rings is 1. The molecule has 2 aromatic rings. The molecular weight excluding hydrogens is 262 g/mol. The highest BCUT2D eigenvalue weighted by Crippen LogP contribution is 2.36. The van der Waals surface area contributed by atoms with E-state index in [9.17, 15) is 10.1 Å². The second-order valence-electron chi connectivity index (χ2n) is 4.10. The summed E-state index contributed by atoms with van der Waals surface area (Å²) in [6.45, 7) is 2.54. The summed E-state index contributed by atoms with van der Waals surface area (Å²) < 4.78 is 5.32. The summed E-state index contributed by atoms with van der Waals surface area (Å²) in [7, 11) is 1.75. The maximum absolute atomic E-state index is 11.3. The zero-order valence-electron chi connectivity index (χ0n) is 11.2. The summed E-state index contributed by atoms with van der Waals surface area (Å²) in [6, 6.07) is 4.99. The molecule has 8 heteroatoms. The molecule has 0 saturated heterocycles. The normalized spacial score (nSPS) is 10.3. The van der Waals surface area contributed by atoms with Gasteiger partial charge in [0.1, 0.15) is 17.8 Å². The molecule has 0 aliphatic carbocycles. The number of nitro benzene ring substituents is 1. The van der Waals surface area contributed by atoms with E-state index in [4.69, 9.17) is 4.74 Å². The number of hydrogen-bond acceptors (Lipinski definition) is 6. The first kappa shape index (κ1) is 13.8. The van der Waals surface area contributed by atoms with Gasteiger partial charge in [0.2, 0.25) is 0 Å². The molecule has 0 unspecified atom stereocenters. The number of anilines is 1. The molecule has 0 radical (unpaired) electrons. The van der Waals surface area contributed by atoms with Gasteiger partial charge in [0.05, 0.1) is 18.1 Å². The Morgan fingerprint density at radius 3 is 2.90 bits per heavy atom. The van der Waals surface area contributed by atoms with E-state index in [2.05, 4.69) is 15.2 Å². The highest BCUT2D eigenvalue weighted by molar-refractivity contribution is 5.69. The largest absolute Gasteiger partial charge is 0.487 e. The van der Waals surface area contributed by atoms with Gasteiger partial charge in [-0.1, -0.05) is 6.07 Å². The number of nitro groups is 1. The summed E-state index contributed by atoms with van der Waals surface area (Å²) in [5.74, 6) is 0.892. The van der Waals surface area contributed by atoms with Gasteiger partial charge in [-0.25, -0.2) is 4.98 Å². The first-order chi connectivity index (χ1) is 9.63. The zero-order valence-corrected chi connectivity index (χ0v) is 11.2. The monoisotopic (exact) mass is 277 g/mol. The van der Waals surface area contributed by atoms with E-state index in [0.29, 0.717) is 24.7 Å². The number of rotatable bonds is 6. The lowest BCUT2D eigenvalue weighted by atomic mass is 10.2. The number of nitrogens with zero attached hydrogens (tertiary/aromatic N) is 4. The molecule has 2 rings (SSSR count). The molecule has 0 spiro atoms. The molecule has 1 heterocycles. The average molecular weight is 277 g/mol. The van der Waals surface area contributed by atoms with Crippen LogP contribution < -0.4 is 9.64 Å². The minimum absolute atomic E-state index is 0.0450. The molecule has 1 aromatic heterocycles. The van der Waals surface area contributed by atoms with Gasteiger partial charge < -0.3 is 9.64 Å². The molecule has 0 fully saturated rings. The number of ether oxygens (including phenoxy) is 1. The molecule has 0 aliphatic heterocycles. The second kappa shape index (κ2) is 6.00. The van der Waals surface area contributed by atoms with E-state index in [1.165, 1.54) is 6.33 Å². The molecule has 0 amide bonds. The Bertz CT molecular complexity index is 585. The fraction of sp³-hybridized carbons (Fsp3) is 0.333. The third-order valence-electron chi connectivity index (χ3n) is 2.72. The third kappa shape index (κ3) is 2.85. The van der Waals surface area contributed by atoms with Crippen molar-refractivity contribution < 1.29 is 9.66 Å². The summed E-state index contributed by atoms with van der Waals surface area (Å²) in [6.07, 6.45) is 1.40. The summed E-state index contributed by atoms with van der Waals surface area (Å²) in [5, 5.41) is 17.8. The highest BCUT2D eigenvalue weighted by Gasteiger charge is 2.23. The molecule has 0 atom stereocenters. The van der Waals surface area contributed by atoms with Crippen LogP contribution in [0.2, 0.25) is 0 Å². The van der Waals surface area contributed by atoms with E-state index in [1.807, 2.05) is 0 Å². The van der Waals surface area contributed by atoms with Crippen molar-refractivity contribution in [1.29, 1.82) is 0 Å². The molecule has 1 N–H and O–H groups in total. The Labute approximate surface area is 115 Å². The zero-order chi connectivity index (χ0) is 14.5. The van der Waals surface area contributed by atoms with Gasteiger partial charge in [0.25, 0.3) is 0 Å². The molecule has 20 heavy (non-hydrogen) atoms. The van der Waals surface area contributed by atoms with Gasteiger partial charge in [-0.15, -0.1) is 0 Å². The van der Waals surface area contributed by atoms with Crippen LogP contribution in [0.25, 0.3) is 0 Å². The second-order valence-corrected chi connectivity index (χ2v) is 4.10. The van der Waals surface area contributed by atoms with Gasteiger partial charge >= 0.3 is 5.69 Å². The SMILES string of the molecule is CCOc1cccc(N(C)Cc2ncn[nH]2)c1[N+](=O)[O-]. The first-order valence-electron chi connectivity index (χ1n) is 6.09. The molecule has 0 saturated carbocycles. The van der Waals surface area contributed by atoms with Crippen molar-refractivity contribution in [1.82, 2.24) is 15.2 Å². The Morgan fingerprint density at radius 2 is 2.30 bits per heavy atom. The van der Waals surface area contributed by atoms with Gasteiger partial charge in [0, 0.05) is 7.05 Å². The molecule has 1 aromatic carbocycles. The first-order valence-corrected chi connectivity index (χ1v) is 6.09. The Kier molecular flexibility index (Phi) is 4.14. The van der Waals surface area contributed by atoms with Crippen molar-refractivity contribution in [2.45, 2.75) is 13.5 Å². The highest BCUT2D eigenvalue weighted by atomic mass is 16.6. The van der Waals surface area contributed by atoms with Crippen LogP contribution in [0, 0.1) is 10.1 Å². The quantitative estimate of drug-likeness (QED) is 0.638. The van der Waals surface area contributed by atoms with Crippen LogP contribution in [-0.2, 0) is 6.54 Å². The van der Waals surface area contributed by atoms with Crippen LogP contribution in [0.1, 0.15) is 12.7 Å². The Hall–Kier alpha value is -2.64. The van der Waals surface area contributed by atoms with E-state index in [-0.39, 0.29) is 11.4 Å². The lowest BCUT2D eigenvalue weighted by Crippen LogP contribution is -2.19. The smallest absolute Gasteiger partial charge is 0.333 e. The molecular formula is C12H15N5O3. The lowest BCUT2D eigenvalue weighted by Gasteiger charge is -2.18. The van der Waals surface area contributed by atoms with Gasteiger partial charge in [-0.2, -0.15) is 5.10 Å². The number of nitrogens with one attached hydrogen (secondary N) is 1. The number of H-pyrrole nitrogens is 1. The van der Waals surface area contributed by atoms with Gasteiger partial charge in [0.15, 0.2) is 5.75 Å². The Morgan fingerprint density at radius 1 is 1.50 bits per heavy atom. The maximum Gasteiger partial charge on any atom is 0.333 e. The number of para-hydroxylation sites is 1. The number of aromatic amines is 1. The van der Waals surface area contributed by atoms with E-state index in [0.717, 1.165) is 0 Å². The Balaban J connectivity index is 2.34. The van der Waals surface area contributed by atoms with Crippen molar-refractivity contribution in [3.8, 4) is 5.75 Å². The van der Waals surface area contributed by atoms with Crippen molar-refractivity contribution >= 4 is 11.4 Å². The van der Waals surface area contributed by atoms with Crippen LogP contribution in [0.3, 0.4) is 0 Å². The topological polar surface area (TPSA) is 97.2 Å². The van der Waals surface area contributed by atoms with Crippen molar-refractivity contribution in [3.05, 3.63) is 40.5 Å². The van der Waals surface area contributed by atoms with Gasteiger partial charge in [-0.3, -0.25) is 15.2 Å². The minimum Gasteiger partial charge on any atom is -0.487 e. The number of hydrogen-bond donors (Lipinski definition) is 1. The van der Waals surface area contributed by atoms with E-state index < -0.39 is 4.92 Å². The third-order valence-corrected chi connectivity index (χ3v) is 2.72. The van der Waals surface area contributed by atoms with Crippen LogP contribution in [0.5, 0.6) is 5.75 Å². The van der Waals surface area contributed by atoms with Crippen LogP contribution in [0.15, 0.2) is 24.5 Å². The molecule has 106 valence electrons. The standard InChI is InChI=1S/C12H15N5O3/c1-3-20-10-6-4-5-9(12(10)17(18)19)16(2)7-11-13-8-14-15-11/h4-6,8H,3,7H2,1-2H3,(H,13,14,15). The van der Waals surface area contributed by atoms with Crippen LogP contribution in [0.4, 0.5) is 11.4 Å². The predicted molar refractivity (Wildman–Crippen MR) is 72.8 cm³/mol. The average Bonchev–Trinajstić information content (AvgIpc) is 2.91. The van der Waals surface area contributed by atoms with Crippen molar-refractivity contribution in [2.24, 2.45) is 0 Å². The van der Waals surface area contributed by atoms with Crippen LogP contribution >= 0.6 is 0 Å². The van der Waals surface area contributed by atoms with Gasteiger partial charge in [-0.05, 0) is 19.1 Å². The lowest BCUT2D eigenvalue weighted by molar-refractivity contribution is -0.385. The van der Waals surface area contributed by atoms with E-state index >= 15 is 0 Å². The summed E-state index contributed by atoms with van der Waals surface area (Å²) in [5.41, 5.74) is 0.425. The van der Waals surface area contributed by atoms with Crippen molar-refractivity contribution in [2.75, 3.05) is 18.6 Å².